The molecule has 0 aliphatic heterocycles. The van der Waals surface area contributed by atoms with Crippen LogP contribution in [0.2, 0.25) is 0 Å². The van der Waals surface area contributed by atoms with Crippen molar-refractivity contribution in [1.82, 2.24) is 0 Å². The van der Waals surface area contributed by atoms with Crippen molar-refractivity contribution in [3.05, 3.63) is 24.2 Å². The highest BCUT2D eigenvalue weighted by Crippen LogP contribution is 2.31. The Hall–Kier alpha value is -0.330. The van der Waals surface area contributed by atoms with Gasteiger partial charge in [-0.25, -0.2) is 0 Å². The lowest BCUT2D eigenvalue weighted by atomic mass is 10.5. The molecule has 0 N–H and O–H groups in total. The molecule has 1 rings (SSSR count). The predicted octanol–water partition coefficient (Wildman–Crippen LogP) is 2.76. The van der Waals surface area contributed by atoms with Crippen molar-refractivity contribution in [2.75, 3.05) is 0 Å². The fourth-order valence-electron chi connectivity index (χ4n) is 0.525. The Kier molecular flexibility index (Phi) is 2.26. The minimum absolute atomic E-state index is 0.323. The third kappa shape index (κ3) is 2.17. The number of rotatable bonds is 2. The first-order valence-corrected chi connectivity index (χ1v) is 4.77. The molecule has 0 saturated carbocycles. The molecule has 9 heavy (non-hydrogen) atoms. The highest BCUT2D eigenvalue weighted by molar-refractivity contribution is 7.73. The van der Waals surface area contributed by atoms with Gasteiger partial charge < -0.3 is 4.42 Å². The van der Waals surface area contributed by atoms with Crippen LogP contribution in [0.25, 0.3) is 0 Å². The van der Waals surface area contributed by atoms with Gasteiger partial charge in [0.1, 0.15) is 0 Å². The second-order valence-corrected chi connectivity index (χ2v) is 3.64. The molecule has 1 aromatic heterocycles. The minimum Gasteiger partial charge on any atom is -0.465 e. The van der Waals surface area contributed by atoms with Gasteiger partial charge in [0.05, 0.1) is 6.26 Å². The van der Waals surface area contributed by atoms with Crippen molar-refractivity contribution in [3.8, 4) is 0 Å². The van der Waals surface area contributed by atoms with E-state index in [1.807, 2.05) is 0 Å². The van der Waals surface area contributed by atoms with Gasteiger partial charge in [-0.05, 0) is 12.1 Å². The standard InChI is InChI=1S/C5H5ClO2P/c6-9(7)4-5-2-1-3-8-5/h1-3H,4H2/q+1. The zero-order valence-corrected chi connectivity index (χ0v) is 6.23. The van der Waals surface area contributed by atoms with Crippen molar-refractivity contribution in [1.29, 1.82) is 0 Å². The number of furan rings is 1. The molecule has 0 amide bonds. The Bertz CT molecular complexity index is 195. The second kappa shape index (κ2) is 3.00. The third-order valence-corrected chi connectivity index (χ3v) is 1.78. The summed E-state index contributed by atoms with van der Waals surface area (Å²) in [7, 11) is -1.62. The maximum atomic E-state index is 10.4. The van der Waals surface area contributed by atoms with E-state index in [1.165, 1.54) is 6.26 Å². The van der Waals surface area contributed by atoms with Crippen LogP contribution in [-0.2, 0) is 10.7 Å². The maximum absolute atomic E-state index is 10.4. The van der Waals surface area contributed by atoms with E-state index in [4.69, 9.17) is 15.7 Å². The van der Waals surface area contributed by atoms with Crippen LogP contribution < -0.4 is 0 Å². The lowest BCUT2D eigenvalue weighted by Gasteiger charge is -1.75. The Morgan fingerprint density at radius 3 is 3.00 bits per heavy atom. The zero-order valence-electron chi connectivity index (χ0n) is 4.58. The van der Waals surface area contributed by atoms with Crippen LogP contribution in [0.3, 0.4) is 0 Å². The Labute approximate surface area is 58.4 Å². The maximum Gasteiger partial charge on any atom is 0.462 e. The number of hydrogen-bond donors (Lipinski definition) is 0. The second-order valence-electron chi connectivity index (χ2n) is 1.56. The van der Waals surface area contributed by atoms with Gasteiger partial charge in [-0.2, -0.15) is 0 Å². The highest BCUT2D eigenvalue weighted by atomic mass is 35.7. The van der Waals surface area contributed by atoms with E-state index < -0.39 is 7.15 Å². The molecule has 48 valence electrons. The van der Waals surface area contributed by atoms with Crippen LogP contribution >= 0.6 is 18.4 Å². The van der Waals surface area contributed by atoms with E-state index in [2.05, 4.69) is 0 Å². The SMILES string of the molecule is O=[P+](Cl)Cc1ccco1. The van der Waals surface area contributed by atoms with E-state index in [9.17, 15) is 4.57 Å². The molecule has 1 unspecified atom stereocenters. The normalized spacial score (nSPS) is 11.4. The highest BCUT2D eigenvalue weighted by Gasteiger charge is 2.13. The van der Waals surface area contributed by atoms with Crippen molar-refractivity contribution in [2.24, 2.45) is 0 Å². The summed E-state index contributed by atoms with van der Waals surface area (Å²) < 4.78 is 15.2. The summed E-state index contributed by atoms with van der Waals surface area (Å²) in [6.45, 7) is 0. The number of halogens is 1. The molecular formula is C5H5ClO2P+. The molecule has 0 saturated heterocycles. The average molecular weight is 164 g/mol. The smallest absolute Gasteiger partial charge is 0.462 e. The fraction of sp³-hybridized carbons (Fsp3) is 0.200. The van der Waals surface area contributed by atoms with Crippen LogP contribution in [0, 0.1) is 0 Å². The van der Waals surface area contributed by atoms with Gasteiger partial charge in [-0.3, -0.25) is 0 Å². The van der Waals surface area contributed by atoms with E-state index in [-0.39, 0.29) is 0 Å². The first-order chi connectivity index (χ1) is 4.29. The van der Waals surface area contributed by atoms with Gasteiger partial charge in [-0.15, -0.1) is 0 Å². The number of hydrogen-bond acceptors (Lipinski definition) is 2. The molecule has 0 radical (unpaired) electrons. The first kappa shape index (κ1) is 6.79. The molecular weight excluding hydrogens is 158 g/mol. The quantitative estimate of drug-likeness (QED) is 0.628. The summed E-state index contributed by atoms with van der Waals surface area (Å²) in [5, 5.41) is 0. The van der Waals surface area contributed by atoms with E-state index >= 15 is 0 Å². The summed E-state index contributed by atoms with van der Waals surface area (Å²) >= 11 is 5.22. The van der Waals surface area contributed by atoms with Crippen LogP contribution in [0.15, 0.2) is 22.8 Å². The predicted molar refractivity (Wildman–Crippen MR) is 35.9 cm³/mol. The molecule has 0 aliphatic rings. The summed E-state index contributed by atoms with van der Waals surface area (Å²) in [6, 6.07) is 3.49. The average Bonchev–Trinajstić information content (AvgIpc) is 2.15. The minimum atomic E-state index is -1.62. The molecule has 1 heterocycles. The van der Waals surface area contributed by atoms with Gasteiger partial charge in [0.15, 0.2) is 5.76 Å². The van der Waals surface area contributed by atoms with Gasteiger partial charge in [0, 0.05) is 0 Å². The van der Waals surface area contributed by atoms with E-state index in [0.29, 0.717) is 11.9 Å². The third-order valence-electron chi connectivity index (χ3n) is 0.860. The largest absolute Gasteiger partial charge is 0.465 e. The summed E-state index contributed by atoms with van der Waals surface area (Å²) in [4.78, 5) is 0. The molecule has 0 bridgehead atoms. The summed E-state index contributed by atoms with van der Waals surface area (Å²) in [6.07, 6.45) is 1.86. The summed E-state index contributed by atoms with van der Waals surface area (Å²) in [5.41, 5.74) is 0. The van der Waals surface area contributed by atoms with Crippen molar-refractivity contribution in [2.45, 2.75) is 6.16 Å². The molecule has 0 aliphatic carbocycles. The van der Waals surface area contributed by atoms with Gasteiger partial charge in [-0.1, -0.05) is 4.57 Å². The molecule has 2 nitrogen and oxygen atoms in total. The van der Waals surface area contributed by atoms with Gasteiger partial charge >= 0.3 is 7.15 Å². The lowest BCUT2D eigenvalue weighted by Crippen LogP contribution is -1.66. The van der Waals surface area contributed by atoms with Crippen LogP contribution in [-0.4, -0.2) is 0 Å². The monoisotopic (exact) mass is 163 g/mol. The lowest BCUT2D eigenvalue weighted by molar-refractivity contribution is 0.525. The van der Waals surface area contributed by atoms with Crippen molar-refractivity contribution >= 4 is 18.4 Å². The first-order valence-electron chi connectivity index (χ1n) is 2.42. The summed E-state index contributed by atoms with van der Waals surface area (Å²) in [5.74, 6) is 0.672. The van der Waals surface area contributed by atoms with E-state index in [0.717, 1.165) is 0 Å². The van der Waals surface area contributed by atoms with Crippen LogP contribution in [0.5, 0.6) is 0 Å². The fourth-order valence-corrected chi connectivity index (χ4v) is 1.30. The van der Waals surface area contributed by atoms with Crippen molar-refractivity contribution in [3.63, 3.8) is 0 Å². The van der Waals surface area contributed by atoms with E-state index in [1.54, 1.807) is 12.1 Å². The Morgan fingerprint density at radius 1 is 1.78 bits per heavy atom. The van der Waals surface area contributed by atoms with Crippen molar-refractivity contribution < 1.29 is 8.98 Å². The molecule has 1 atom stereocenters. The molecule has 0 fully saturated rings. The Balaban J connectivity index is 2.58. The molecule has 0 spiro atoms. The topological polar surface area (TPSA) is 30.2 Å². The van der Waals surface area contributed by atoms with Crippen LogP contribution in [0.4, 0.5) is 0 Å². The van der Waals surface area contributed by atoms with Crippen LogP contribution in [0.1, 0.15) is 5.76 Å². The zero-order chi connectivity index (χ0) is 6.69. The molecule has 0 aromatic carbocycles. The Morgan fingerprint density at radius 2 is 2.56 bits per heavy atom. The van der Waals surface area contributed by atoms with Gasteiger partial charge in [0.2, 0.25) is 17.4 Å². The van der Waals surface area contributed by atoms with Gasteiger partial charge in [0.25, 0.3) is 0 Å². The molecule has 4 heteroatoms. The molecule has 1 aromatic rings.